The fraction of sp³-hybridized carbons (Fsp3) is 0.700. The second-order valence-electron chi connectivity index (χ2n) is 4.53. The molecule has 3 N–H and O–H groups in total. The molecule has 2 fully saturated rings. The molecule has 0 aromatic carbocycles. The first kappa shape index (κ1) is 11.8. The highest BCUT2D eigenvalue weighted by molar-refractivity contribution is 5.95. The van der Waals surface area contributed by atoms with Crippen LogP contribution in [0.5, 0.6) is 0 Å². The molecule has 0 radical (unpaired) electrons. The van der Waals surface area contributed by atoms with Crippen molar-refractivity contribution in [2.45, 2.75) is 18.9 Å². The number of aliphatic carboxylic acids is 1. The Morgan fingerprint density at radius 2 is 1.88 bits per heavy atom. The Kier molecular flexibility index (Phi) is 3.28. The Bertz CT molecular complexity index is 347. The van der Waals surface area contributed by atoms with E-state index in [0.717, 1.165) is 12.8 Å². The van der Waals surface area contributed by atoms with E-state index in [1.165, 1.54) is 0 Å². The van der Waals surface area contributed by atoms with Crippen LogP contribution in [0.15, 0.2) is 0 Å². The van der Waals surface area contributed by atoms with Gasteiger partial charge in [-0.1, -0.05) is 0 Å². The fourth-order valence-corrected chi connectivity index (χ4v) is 1.67. The minimum absolute atomic E-state index is 0.0713. The van der Waals surface area contributed by atoms with Crippen molar-refractivity contribution < 1.29 is 19.5 Å². The standard InChI is InChI=1S/C10H15N3O4/c14-8(12-10(17)11-7-1-2-7)5-13-3-6(4-13)9(15)16/h6-7H,1-5H2,(H,15,16)(H2,11,12,14,17). The molecule has 1 aliphatic carbocycles. The molecule has 2 rings (SSSR count). The van der Waals surface area contributed by atoms with Crippen molar-refractivity contribution in [3.05, 3.63) is 0 Å². The van der Waals surface area contributed by atoms with Gasteiger partial charge in [-0.2, -0.15) is 0 Å². The molecule has 1 saturated heterocycles. The molecule has 0 atom stereocenters. The first-order valence-corrected chi connectivity index (χ1v) is 5.60. The molecule has 7 heteroatoms. The van der Waals surface area contributed by atoms with E-state index < -0.39 is 17.9 Å². The van der Waals surface area contributed by atoms with E-state index in [0.29, 0.717) is 13.1 Å². The Balaban J connectivity index is 1.61. The van der Waals surface area contributed by atoms with Gasteiger partial charge in [0, 0.05) is 19.1 Å². The summed E-state index contributed by atoms with van der Waals surface area (Å²) in [6.07, 6.45) is 1.93. The molecular weight excluding hydrogens is 226 g/mol. The maximum absolute atomic E-state index is 11.4. The quantitative estimate of drug-likeness (QED) is 0.586. The minimum Gasteiger partial charge on any atom is -0.481 e. The molecular formula is C10H15N3O4. The summed E-state index contributed by atoms with van der Waals surface area (Å²) in [5, 5.41) is 13.5. The van der Waals surface area contributed by atoms with Gasteiger partial charge in [0.25, 0.3) is 0 Å². The van der Waals surface area contributed by atoms with Gasteiger partial charge in [0.1, 0.15) is 0 Å². The molecule has 1 saturated carbocycles. The van der Waals surface area contributed by atoms with Crippen LogP contribution in [0.25, 0.3) is 0 Å². The number of urea groups is 1. The Hall–Kier alpha value is -1.63. The number of nitrogens with zero attached hydrogens (tertiary/aromatic N) is 1. The first-order valence-electron chi connectivity index (χ1n) is 5.60. The summed E-state index contributed by atoms with van der Waals surface area (Å²) >= 11 is 0. The van der Waals surface area contributed by atoms with Crippen molar-refractivity contribution in [1.82, 2.24) is 15.5 Å². The number of hydrogen-bond donors (Lipinski definition) is 3. The average Bonchev–Trinajstić information content (AvgIpc) is 2.93. The van der Waals surface area contributed by atoms with Crippen LogP contribution >= 0.6 is 0 Å². The summed E-state index contributed by atoms with van der Waals surface area (Å²) in [5.74, 6) is -1.62. The summed E-state index contributed by atoms with van der Waals surface area (Å²) in [6.45, 7) is 0.807. The van der Waals surface area contributed by atoms with E-state index in [9.17, 15) is 14.4 Å². The van der Waals surface area contributed by atoms with Crippen LogP contribution < -0.4 is 10.6 Å². The molecule has 7 nitrogen and oxygen atoms in total. The third kappa shape index (κ3) is 3.42. The van der Waals surface area contributed by atoms with Crippen molar-refractivity contribution in [2.75, 3.05) is 19.6 Å². The van der Waals surface area contributed by atoms with Gasteiger partial charge in [-0.3, -0.25) is 19.8 Å². The average molecular weight is 241 g/mol. The zero-order valence-corrected chi connectivity index (χ0v) is 9.31. The monoisotopic (exact) mass is 241 g/mol. The number of carboxylic acids is 1. The summed E-state index contributed by atoms with van der Waals surface area (Å²) in [5.41, 5.74) is 0. The number of nitrogens with one attached hydrogen (secondary N) is 2. The number of carbonyl (C=O) groups excluding carboxylic acids is 2. The lowest BCUT2D eigenvalue weighted by atomic mass is 10.0. The van der Waals surface area contributed by atoms with Crippen LogP contribution in [0.1, 0.15) is 12.8 Å². The van der Waals surface area contributed by atoms with Gasteiger partial charge in [0.05, 0.1) is 12.5 Å². The van der Waals surface area contributed by atoms with Crippen LogP contribution in [0, 0.1) is 5.92 Å². The molecule has 1 aliphatic heterocycles. The van der Waals surface area contributed by atoms with Crippen molar-refractivity contribution in [1.29, 1.82) is 0 Å². The number of hydrogen-bond acceptors (Lipinski definition) is 4. The lowest BCUT2D eigenvalue weighted by Crippen LogP contribution is -2.54. The number of likely N-dealkylation sites (tertiary alicyclic amines) is 1. The molecule has 17 heavy (non-hydrogen) atoms. The number of imide groups is 1. The molecule has 0 aromatic rings. The SMILES string of the molecule is O=C(CN1CC(C(=O)O)C1)NC(=O)NC1CC1. The van der Waals surface area contributed by atoms with E-state index in [-0.39, 0.29) is 18.5 Å². The van der Waals surface area contributed by atoms with Crippen molar-refractivity contribution >= 4 is 17.9 Å². The topological polar surface area (TPSA) is 98.7 Å². The van der Waals surface area contributed by atoms with Crippen molar-refractivity contribution in [3.63, 3.8) is 0 Å². The predicted molar refractivity (Wildman–Crippen MR) is 57.3 cm³/mol. The minimum atomic E-state index is -0.840. The molecule has 0 spiro atoms. The van der Waals surface area contributed by atoms with E-state index in [4.69, 9.17) is 5.11 Å². The van der Waals surface area contributed by atoms with Crippen LogP contribution in [-0.4, -0.2) is 53.6 Å². The molecule has 1 heterocycles. The van der Waals surface area contributed by atoms with E-state index in [1.54, 1.807) is 4.90 Å². The van der Waals surface area contributed by atoms with E-state index in [1.807, 2.05) is 0 Å². The zero-order chi connectivity index (χ0) is 12.4. The van der Waals surface area contributed by atoms with Crippen molar-refractivity contribution in [3.8, 4) is 0 Å². The second-order valence-corrected chi connectivity index (χ2v) is 4.53. The lowest BCUT2D eigenvalue weighted by Gasteiger charge is -2.35. The summed E-state index contributed by atoms with van der Waals surface area (Å²) in [7, 11) is 0. The normalized spacial score (nSPS) is 20.5. The highest BCUT2D eigenvalue weighted by atomic mass is 16.4. The maximum atomic E-state index is 11.4. The highest BCUT2D eigenvalue weighted by Gasteiger charge is 2.33. The number of rotatable bonds is 4. The number of carboxylic acid groups (broad SMARTS) is 1. The Morgan fingerprint density at radius 3 is 2.41 bits per heavy atom. The smallest absolute Gasteiger partial charge is 0.321 e. The molecule has 0 unspecified atom stereocenters. The van der Waals surface area contributed by atoms with Crippen LogP contribution in [0.3, 0.4) is 0 Å². The van der Waals surface area contributed by atoms with E-state index >= 15 is 0 Å². The van der Waals surface area contributed by atoms with Gasteiger partial charge in [0.15, 0.2) is 0 Å². The van der Waals surface area contributed by atoms with Crippen LogP contribution in [0.2, 0.25) is 0 Å². The van der Waals surface area contributed by atoms with Crippen LogP contribution in [-0.2, 0) is 9.59 Å². The predicted octanol–water partition coefficient (Wildman–Crippen LogP) is -1.01. The van der Waals surface area contributed by atoms with Gasteiger partial charge >= 0.3 is 12.0 Å². The molecule has 0 aromatic heterocycles. The maximum Gasteiger partial charge on any atom is 0.321 e. The Labute approximate surface area is 98.2 Å². The van der Waals surface area contributed by atoms with Crippen molar-refractivity contribution in [2.24, 2.45) is 5.92 Å². The Morgan fingerprint density at radius 1 is 1.24 bits per heavy atom. The summed E-state index contributed by atoms with van der Waals surface area (Å²) in [6, 6.07) is -0.254. The van der Waals surface area contributed by atoms with Crippen LogP contribution in [0.4, 0.5) is 4.79 Å². The lowest BCUT2D eigenvalue weighted by molar-refractivity contribution is -0.148. The van der Waals surface area contributed by atoms with Gasteiger partial charge in [-0.05, 0) is 12.8 Å². The molecule has 0 bridgehead atoms. The third-order valence-corrected chi connectivity index (χ3v) is 2.84. The zero-order valence-electron chi connectivity index (χ0n) is 9.31. The van der Waals surface area contributed by atoms with Gasteiger partial charge in [-0.15, -0.1) is 0 Å². The third-order valence-electron chi connectivity index (χ3n) is 2.84. The first-order chi connectivity index (χ1) is 8.04. The molecule has 2 aliphatic rings. The van der Waals surface area contributed by atoms with Gasteiger partial charge < -0.3 is 10.4 Å². The van der Waals surface area contributed by atoms with Gasteiger partial charge in [0.2, 0.25) is 5.91 Å². The fourth-order valence-electron chi connectivity index (χ4n) is 1.67. The summed E-state index contributed by atoms with van der Waals surface area (Å²) in [4.78, 5) is 34.8. The number of carbonyl (C=O) groups is 3. The molecule has 3 amide bonds. The summed E-state index contributed by atoms with van der Waals surface area (Å²) < 4.78 is 0. The number of amides is 3. The van der Waals surface area contributed by atoms with E-state index in [2.05, 4.69) is 10.6 Å². The second kappa shape index (κ2) is 4.70. The molecule has 94 valence electrons. The van der Waals surface area contributed by atoms with Gasteiger partial charge in [-0.25, -0.2) is 4.79 Å². The highest BCUT2D eigenvalue weighted by Crippen LogP contribution is 2.18. The largest absolute Gasteiger partial charge is 0.481 e.